The minimum atomic E-state index is -0.175. The highest BCUT2D eigenvalue weighted by molar-refractivity contribution is 5.56. The van der Waals surface area contributed by atoms with Crippen LogP contribution in [0.3, 0.4) is 0 Å². The van der Waals surface area contributed by atoms with Gasteiger partial charge < -0.3 is 9.64 Å². The second kappa shape index (κ2) is 9.97. The van der Waals surface area contributed by atoms with Gasteiger partial charge in [0.15, 0.2) is 11.6 Å². The molecule has 0 saturated heterocycles. The van der Waals surface area contributed by atoms with E-state index in [4.69, 9.17) is 4.74 Å². The van der Waals surface area contributed by atoms with Gasteiger partial charge in [-0.1, -0.05) is 18.2 Å². The smallest absolute Gasteiger partial charge is 0.267 e. The van der Waals surface area contributed by atoms with Gasteiger partial charge in [-0.05, 0) is 44.3 Å². The van der Waals surface area contributed by atoms with Crippen molar-refractivity contribution in [1.29, 1.82) is 0 Å². The monoisotopic (exact) mass is 431 g/mol. The van der Waals surface area contributed by atoms with Crippen LogP contribution in [-0.2, 0) is 6.54 Å². The zero-order chi connectivity index (χ0) is 22.3. The molecule has 32 heavy (non-hydrogen) atoms. The second-order valence-electron chi connectivity index (χ2n) is 7.63. The number of nitrogens with one attached hydrogen (secondary N) is 1. The summed E-state index contributed by atoms with van der Waals surface area (Å²) >= 11 is 0. The van der Waals surface area contributed by atoms with Crippen LogP contribution in [0.1, 0.15) is 12.0 Å². The van der Waals surface area contributed by atoms with Crippen LogP contribution in [0.15, 0.2) is 65.8 Å². The minimum Gasteiger partial charge on any atom is -0.490 e. The summed E-state index contributed by atoms with van der Waals surface area (Å²) in [6.07, 6.45) is 5.96. The average Bonchev–Trinajstić information content (AvgIpc) is 3.34. The molecule has 0 aliphatic rings. The Morgan fingerprint density at radius 2 is 1.94 bits per heavy atom. The highest BCUT2D eigenvalue weighted by atomic mass is 16.5. The van der Waals surface area contributed by atoms with Crippen LogP contribution in [0, 0.1) is 0 Å². The van der Waals surface area contributed by atoms with Crippen LogP contribution < -0.4 is 10.3 Å². The summed E-state index contributed by atoms with van der Waals surface area (Å²) in [7, 11) is 4.07. The molecule has 0 bridgehead atoms. The summed E-state index contributed by atoms with van der Waals surface area (Å²) in [6.45, 7) is 1.92. The first-order valence-electron chi connectivity index (χ1n) is 10.4. The van der Waals surface area contributed by atoms with Crippen LogP contribution in [0.5, 0.6) is 5.75 Å². The Hall–Kier alpha value is -3.85. The molecule has 3 heterocycles. The molecule has 0 aliphatic heterocycles. The fraction of sp³-hybridized carbons (Fsp3) is 0.261. The van der Waals surface area contributed by atoms with E-state index in [2.05, 4.69) is 30.2 Å². The Morgan fingerprint density at radius 1 is 1.09 bits per heavy atom. The Bertz CT molecular complexity index is 1200. The number of H-pyrrole nitrogens is 1. The van der Waals surface area contributed by atoms with Crippen LogP contribution in [-0.4, -0.2) is 62.1 Å². The lowest BCUT2D eigenvalue weighted by atomic mass is 10.1. The fourth-order valence-corrected chi connectivity index (χ4v) is 3.20. The van der Waals surface area contributed by atoms with Gasteiger partial charge in [-0.15, -0.1) is 0 Å². The second-order valence-corrected chi connectivity index (χ2v) is 7.63. The molecule has 0 fully saturated rings. The Morgan fingerprint density at radius 3 is 2.69 bits per heavy atom. The number of aromatic amines is 1. The van der Waals surface area contributed by atoms with E-state index in [1.54, 1.807) is 24.7 Å². The molecule has 0 radical (unpaired) electrons. The van der Waals surface area contributed by atoms with Gasteiger partial charge in [0.05, 0.1) is 31.2 Å². The molecule has 0 amide bonds. The molecule has 164 valence electrons. The van der Waals surface area contributed by atoms with E-state index >= 15 is 0 Å². The molecule has 1 N–H and O–H groups in total. The lowest BCUT2D eigenvalue weighted by Crippen LogP contribution is -2.22. The Balaban J connectivity index is 1.46. The number of nitrogens with zero attached hydrogens (tertiary/aromatic N) is 6. The molecule has 4 rings (SSSR count). The van der Waals surface area contributed by atoms with Crippen molar-refractivity contribution >= 4 is 0 Å². The van der Waals surface area contributed by atoms with E-state index in [9.17, 15) is 4.79 Å². The van der Waals surface area contributed by atoms with Gasteiger partial charge in [-0.3, -0.25) is 9.89 Å². The number of benzene rings is 1. The quantitative estimate of drug-likeness (QED) is 0.406. The molecule has 0 spiro atoms. The van der Waals surface area contributed by atoms with Crippen molar-refractivity contribution in [2.45, 2.75) is 13.0 Å². The summed E-state index contributed by atoms with van der Waals surface area (Å²) in [5, 5.41) is 11.3. The predicted octanol–water partition coefficient (Wildman–Crippen LogP) is 2.47. The summed E-state index contributed by atoms with van der Waals surface area (Å²) in [5.74, 6) is 1.24. The minimum absolute atomic E-state index is 0.175. The number of hydrogen-bond acceptors (Lipinski definition) is 7. The average molecular weight is 432 g/mol. The highest BCUT2D eigenvalue weighted by Crippen LogP contribution is 2.19. The van der Waals surface area contributed by atoms with Gasteiger partial charge in [-0.2, -0.15) is 10.2 Å². The number of ether oxygens (including phenoxy) is 1. The first-order valence-corrected chi connectivity index (χ1v) is 10.4. The molecular weight excluding hydrogens is 406 g/mol. The Labute approximate surface area is 185 Å². The van der Waals surface area contributed by atoms with Crippen molar-refractivity contribution in [3.63, 3.8) is 0 Å². The fourth-order valence-electron chi connectivity index (χ4n) is 3.20. The van der Waals surface area contributed by atoms with Crippen LogP contribution >= 0.6 is 0 Å². The normalized spacial score (nSPS) is 11.1. The van der Waals surface area contributed by atoms with Crippen molar-refractivity contribution in [1.82, 2.24) is 34.8 Å². The van der Waals surface area contributed by atoms with E-state index in [0.29, 0.717) is 30.4 Å². The maximum Gasteiger partial charge on any atom is 0.267 e. The maximum absolute atomic E-state index is 12.3. The third-order valence-corrected chi connectivity index (χ3v) is 4.81. The van der Waals surface area contributed by atoms with Crippen molar-refractivity contribution in [2.75, 3.05) is 27.2 Å². The Kier molecular flexibility index (Phi) is 6.66. The lowest BCUT2D eigenvalue weighted by molar-refractivity contribution is 0.280. The van der Waals surface area contributed by atoms with Crippen molar-refractivity contribution in [3.05, 3.63) is 77.0 Å². The molecule has 0 saturated carbocycles. The summed E-state index contributed by atoms with van der Waals surface area (Å²) in [5.41, 5.74) is 3.02. The zero-order valence-corrected chi connectivity index (χ0v) is 18.1. The zero-order valence-electron chi connectivity index (χ0n) is 18.1. The molecule has 0 unspecified atom stereocenters. The van der Waals surface area contributed by atoms with E-state index in [0.717, 1.165) is 29.8 Å². The van der Waals surface area contributed by atoms with Crippen molar-refractivity contribution < 1.29 is 4.74 Å². The molecule has 4 aromatic rings. The van der Waals surface area contributed by atoms with E-state index in [1.807, 2.05) is 44.4 Å². The van der Waals surface area contributed by atoms with Gasteiger partial charge in [-0.25, -0.2) is 14.6 Å². The molecule has 0 aliphatic carbocycles. The van der Waals surface area contributed by atoms with Gasteiger partial charge in [0.2, 0.25) is 0 Å². The number of aromatic nitrogens is 6. The largest absolute Gasteiger partial charge is 0.490 e. The molecule has 9 nitrogen and oxygen atoms in total. The highest BCUT2D eigenvalue weighted by Gasteiger charge is 2.08. The third kappa shape index (κ3) is 5.44. The van der Waals surface area contributed by atoms with Gasteiger partial charge in [0, 0.05) is 24.4 Å². The van der Waals surface area contributed by atoms with Crippen LogP contribution in [0.2, 0.25) is 0 Å². The molecular formula is C23H25N7O2. The van der Waals surface area contributed by atoms with Gasteiger partial charge in [0.1, 0.15) is 5.69 Å². The van der Waals surface area contributed by atoms with E-state index < -0.39 is 0 Å². The maximum atomic E-state index is 12.3. The van der Waals surface area contributed by atoms with Crippen molar-refractivity contribution in [3.8, 4) is 28.5 Å². The first kappa shape index (κ1) is 21.4. The predicted molar refractivity (Wildman–Crippen MR) is 121 cm³/mol. The topological polar surface area (TPSA) is 102 Å². The number of hydrogen-bond donors (Lipinski definition) is 1. The van der Waals surface area contributed by atoms with E-state index in [1.165, 1.54) is 10.7 Å². The summed E-state index contributed by atoms with van der Waals surface area (Å²) in [4.78, 5) is 23.3. The molecule has 3 aromatic heterocycles. The standard InChI is InChI=1S/C23H25N7O2/c1-29(2)11-4-12-32-19-14-24-23(25-15-19)18-6-3-5-17(13-18)16-30-22(31)8-7-21(28-30)20-9-10-26-27-20/h3,5-10,13-15H,4,11-12,16H2,1-2H3,(H,26,27). The molecule has 1 aromatic carbocycles. The van der Waals surface area contributed by atoms with Crippen LogP contribution in [0.4, 0.5) is 0 Å². The summed E-state index contributed by atoms with van der Waals surface area (Å²) in [6, 6.07) is 12.8. The SMILES string of the molecule is CN(C)CCCOc1cnc(-c2cccc(Cn3nc(-c4ccn[nH]4)ccc3=O)c2)nc1. The van der Waals surface area contributed by atoms with Crippen LogP contribution in [0.25, 0.3) is 22.8 Å². The van der Waals surface area contributed by atoms with Crippen molar-refractivity contribution in [2.24, 2.45) is 0 Å². The lowest BCUT2D eigenvalue weighted by Gasteiger charge is -2.10. The van der Waals surface area contributed by atoms with Gasteiger partial charge in [0.25, 0.3) is 5.56 Å². The van der Waals surface area contributed by atoms with E-state index in [-0.39, 0.29) is 5.56 Å². The summed E-state index contributed by atoms with van der Waals surface area (Å²) < 4.78 is 7.13. The third-order valence-electron chi connectivity index (χ3n) is 4.81. The molecule has 0 atom stereocenters. The number of rotatable bonds is 9. The van der Waals surface area contributed by atoms with Gasteiger partial charge >= 0.3 is 0 Å². The molecule has 9 heteroatoms. The first-order chi connectivity index (χ1) is 15.6.